The van der Waals surface area contributed by atoms with Crippen LogP contribution in [0.4, 0.5) is 0 Å². The molecule has 0 atom stereocenters. The van der Waals surface area contributed by atoms with Gasteiger partial charge in [-0.15, -0.1) is 0 Å². The fourth-order valence-corrected chi connectivity index (χ4v) is 1.43. The number of aromatic carboxylic acids is 1. The zero-order chi connectivity index (χ0) is 11.7. The van der Waals surface area contributed by atoms with Gasteiger partial charge in [0.1, 0.15) is 11.4 Å². The predicted octanol–water partition coefficient (Wildman–Crippen LogP) is 1.83. The van der Waals surface area contributed by atoms with Gasteiger partial charge in [-0.05, 0) is 12.1 Å². The molecule has 82 valence electrons. The summed E-state index contributed by atoms with van der Waals surface area (Å²) in [6, 6.07) is 4.84. The summed E-state index contributed by atoms with van der Waals surface area (Å²) in [5.41, 5.74) is 1.22. The van der Waals surface area contributed by atoms with Crippen LogP contribution < -0.4 is 0 Å². The number of halogens is 1. The topological polar surface area (TPSA) is 68.0 Å². The molecule has 0 aliphatic rings. The summed E-state index contributed by atoms with van der Waals surface area (Å²) in [5.74, 6) is -1.02. The Morgan fingerprint density at radius 1 is 1.44 bits per heavy atom. The van der Waals surface area contributed by atoms with Crippen LogP contribution in [0.5, 0.6) is 0 Å². The maximum atomic E-state index is 10.8. The Labute approximate surface area is 96.3 Å². The molecule has 0 amide bonds. The van der Waals surface area contributed by atoms with Gasteiger partial charge in [-0.1, -0.05) is 11.6 Å². The highest BCUT2D eigenvalue weighted by Crippen LogP contribution is 2.18. The molecule has 6 heteroatoms. The Bertz CT molecular complexity index is 533. The Morgan fingerprint density at radius 3 is 2.69 bits per heavy atom. The summed E-state index contributed by atoms with van der Waals surface area (Å²) in [7, 11) is 1.57. The monoisotopic (exact) mass is 237 g/mol. The molecule has 0 bridgehead atoms. The lowest BCUT2D eigenvalue weighted by Crippen LogP contribution is -2.04. The van der Waals surface area contributed by atoms with Crippen molar-refractivity contribution >= 4 is 17.6 Å². The van der Waals surface area contributed by atoms with Gasteiger partial charge in [0.2, 0.25) is 0 Å². The second kappa shape index (κ2) is 3.94. The molecule has 0 aliphatic heterocycles. The molecule has 0 radical (unpaired) electrons. The maximum Gasteiger partial charge on any atom is 0.354 e. The van der Waals surface area contributed by atoms with Crippen LogP contribution in [0.3, 0.4) is 0 Å². The Kier molecular flexibility index (Phi) is 2.62. The van der Waals surface area contributed by atoms with Crippen LogP contribution in [0.15, 0.2) is 24.4 Å². The van der Waals surface area contributed by atoms with Crippen LogP contribution in [-0.2, 0) is 7.05 Å². The third-order valence-electron chi connectivity index (χ3n) is 2.09. The average Bonchev–Trinajstić information content (AvgIpc) is 2.61. The van der Waals surface area contributed by atoms with Crippen LogP contribution in [0, 0.1) is 0 Å². The van der Waals surface area contributed by atoms with Gasteiger partial charge in [0.15, 0.2) is 0 Å². The van der Waals surface area contributed by atoms with Crippen LogP contribution >= 0.6 is 11.6 Å². The first kappa shape index (κ1) is 10.6. The SMILES string of the molecule is Cn1nc(-c2ccc(Cl)cn2)cc1C(=O)O. The van der Waals surface area contributed by atoms with E-state index in [0.29, 0.717) is 16.4 Å². The van der Waals surface area contributed by atoms with Gasteiger partial charge in [-0.25, -0.2) is 4.79 Å². The molecule has 2 heterocycles. The van der Waals surface area contributed by atoms with Crippen molar-refractivity contribution in [3.8, 4) is 11.4 Å². The van der Waals surface area contributed by atoms with Gasteiger partial charge in [-0.3, -0.25) is 9.67 Å². The van der Waals surface area contributed by atoms with Gasteiger partial charge in [0.25, 0.3) is 0 Å². The van der Waals surface area contributed by atoms with Gasteiger partial charge in [-0.2, -0.15) is 5.10 Å². The lowest BCUT2D eigenvalue weighted by Gasteiger charge is -1.94. The quantitative estimate of drug-likeness (QED) is 0.865. The van der Waals surface area contributed by atoms with Crippen molar-refractivity contribution in [2.45, 2.75) is 0 Å². The van der Waals surface area contributed by atoms with E-state index in [1.807, 2.05) is 0 Å². The second-order valence-corrected chi connectivity index (χ2v) is 3.64. The minimum absolute atomic E-state index is 0.117. The smallest absolute Gasteiger partial charge is 0.354 e. The van der Waals surface area contributed by atoms with Crippen molar-refractivity contribution < 1.29 is 9.90 Å². The average molecular weight is 238 g/mol. The first-order chi connectivity index (χ1) is 7.58. The Hall–Kier alpha value is -1.88. The van der Waals surface area contributed by atoms with Gasteiger partial charge in [0.05, 0.1) is 10.7 Å². The van der Waals surface area contributed by atoms with Crippen LogP contribution in [-0.4, -0.2) is 25.8 Å². The number of carboxylic acid groups (broad SMARTS) is 1. The molecule has 2 aromatic rings. The maximum absolute atomic E-state index is 10.8. The molecular weight excluding hydrogens is 230 g/mol. The zero-order valence-corrected chi connectivity index (χ0v) is 9.14. The number of aryl methyl sites for hydroxylation is 1. The fourth-order valence-electron chi connectivity index (χ4n) is 1.32. The Balaban J connectivity index is 2.45. The largest absolute Gasteiger partial charge is 0.477 e. The molecule has 5 nitrogen and oxygen atoms in total. The van der Waals surface area contributed by atoms with Crippen molar-refractivity contribution in [2.24, 2.45) is 7.05 Å². The molecule has 2 rings (SSSR count). The lowest BCUT2D eigenvalue weighted by molar-refractivity contribution is 0.0685. The number of hydrogen-bond acceptors (Lipinski definition) is 3. The Morgan fingerprint density at radius 2 is 2.19 bits per heavy atom. The molecule has 0 fully saturated rings. The number of carboxylic acids is 1. The van der Waals surface area contributed by atoms with Gasteiger partial charge >= 0.3 is 5.97 Å². The summed E-state index contributed by atoms with van der Waals surface area (Å²) in [5, 5.41) is 13.5. The van der Waals surface area contributed by atoms with Crippen LogP contribution in [0.25, 0.3) is 11.4 Å². The molecule has 0 spiro atoms. The number of aromatic nitrogens is 3. The standard InChI is InChI=1S/C10H8ClN3O2/c1-14-9(10(15)16)4-8(13-14)7-3-2-6(11)5-12-7/h2-5H,1H3,(H,15,16). The number of hydrogen-bond donors (Lipinski definition) is 1. The normalized spacial score (nSPS) is 10.4. The summed E-state index contributed by atoms with van der Waals surface area (Å²) >= 11 is 5.70. The van der Waals surface area contributed by atoms with Crippen molar-refractivity contribution in [1.82, 2.24) is 14.8 Å². The minimum atomic E-state index is -1.02. The second-order valence-electron chi connectivity index (χ2n) is 3.21. The highest BCUT2D eigenvalue weighted by molar-refractivity contribution is 6.30. The molecule has 16 heavy (non-hydrogen) atoms. The van der Waals surface area contributed by atoms with E-state index in [1.54, 1.807) is 19.2 Å². The molecule has 1 N–H and O–H groups in total. The predicted molar refractivity (Wildman–Crippen MR) is 58.4 cm³/mol. The number of carbonyl (C=O) groups is 1. The fraction of sp³-hybridized carbons (Fsp3) is 0.100. The van der Waals surface area contributed by atoms with Crippen molar-refractivity contribution in [3.63, 3.8) is 0 Å². The van der Waals surface area contributed by atoms with Crippen molar-refractivity contribution in [2.75, 3.05) is 0 Å². The molecule has 0 saturated heterocycles. The first-order valence-electron chi connectivity index (χ1n) is 4.47. The molecule has 0 saturated carbocycles. The molecule has 0 unspecified atom stereocenters. The molecule has 0 aromatic carbocycles. The summed E-state index contributed by atoms with van der Waals surface area (Å²) in [6.45, 7) is 0. The lowest BCUT2D eigenvalue weighted by atomic mass is 10.2. The van der Waals surface area contributed by atoms with Gasteiger partial charge < -0.3 is 5.11 Å². The highest BCUT2D eigenvalue weighted by atomic mass is 35.5. The highest BCUT2D eigenvalue weighted by Gasteiger charge is 2.13. The van der Waals surface area contributed by atoms with E-state index in [-0.39, 0.29) is 5.69 Å². The third-order valence-corrected chi connectivity index (χ3v) is 2.31. The summed E-state index contributed by atoms with van der Waals surface area (Å²) in [4.78, 5) is 14.9. The number of nitrogens with zero attached hydrogens (tertiary/aromatic N) is 3. The first-order valence-corrected chi connectivity index (χ1v) is 4.85. The van der Waals surface area contributed by atoms with E-state index in [4.69, 9.17) is 16.7 Å². The van der Waals surface area contributed by atoms with Crippen LogP contribution in [0.1, 0.15) is 10.5 Å². The van der Waals surface area contributed by atoms with Crippen molar-refractivity contribution in [3.05, 3.63) is 35.1 Å². The van der Waals surface area contributed by atoms with Gasteiger partial charge in [0, 0.05) is 19.3 Å². The van der Waals surface area contributed by atoms with E-state index in [9.17, 15) is 4.79 Å². The number of pyridine rings is 1. The minimum Gasteiger partial charge on any atom is -0.477 e. The van der Waals surface area contributed by atoms with E-state index in [0.717, 1.165) is 0 Å². The summed E-state index contributed by atoms with van der Waals surface area (Å²) in [6.07, 6.45) is 1.49. The zero-order valence-electron chi connectivity index (χ0n) is 8.38. The third kappa shape index (κ3) is 1.90. The van der Waals surface area contributed by atoms with Crippen LogP contribution in [0.2, 0.25) is 5.02 Å². The van der Waals surface area contributed by atoms with E-state index >= 15 is 0 Å². The number of rotatable bonds is 2. The van der Waals surface area contributed by atoms with E-state index in [1.165, 1.54) is 16.9 Å². The summed E-state index contributed by atoms with van der Waals surface area (Å²) < 4.78 is 1.30. The molecular formula is C10H8ClN3O2. The molecule has 0 aliphatic carbocycles. The van der Waals surface area contributed by atoms with E-state index < -0.39 is 5.97 Å². The van der Waals surface area contributed by atoms with Crippen molar-refractivity contribution in [1.29, 1.82) is 0 Å². The molecule has 2 aromatic heterocycles. The van der Waals surface area contributed by atoms with E-state index in [2.05, 4.69) is 10.1 Å².